The summed E-state index contributed by atoms with van der Waals surface area (Å²) in [6.07, 6.45) is 1.54. The molecule has 0 spiro atoms. The largest absolute Gasteiger partial charge is 0.508 e. The number of pyridine rings is 1. The van der Waals surface area contributed by atoms with E-state index >= 15 is 0 Å². The second-order valence-electron chi connectivity index (χ2n) is 15.7. The highest BCUT2D eigenvalue weighted by Gasteiger charge is 2.33. The number of nitrogens with zero attached hydrogens (tertiary/aromatic N) is 4. The predicted molar refractivity (Wildman–Crippen MR) is 225 cm³/mol. The van der Waals surface area contributed by atoms with Gasteiger partial charge in [-0.25, -0.2) is 9.83 Å². The summed E-state index contributed by atoms with van der Waals surface area (Å²) in [7, 11) is 0. The van der Waals surface area contributed by atoms with Gasteiger partial charge in [0, 0.05) is 40.8 Å². The molecular formula is C49H48N4O. The van der Waals surface area contributed by atoms with Gasteiger partial charge in [0.2, 0.25) is 0 Å². The van der Waals surface area contributed by atoms with Gasteiger partial charge in [-0.1, -0.05) is 141 Å². The standard InChI is InChI=1S/C49H48N4O/c1-47(2,3)34-28-32(27-33(29-34)39-23-16-17-26-51-39)36-22-18-25-41-43(36)52-46(53(41)40-24-15-14-21-35(40)31-19-12-11-13-20-31)37-30-38(48(4,5)6)44(50-10)42(45(37)54)49(7,8)9/h11-30,54H,1-9H3/i1D3,2D3,3D3. The number of para-hydroxylation sites is 2. The Balaban J connectivity index is 1.68. The molecule has 270 valence electrons. The van der Waals surface area contributed by atoms with E-state index in [0.29, 0.717) is 61.6 Å². The molecule has 0 fully saturated rings. The molecule has 54 heavy (non-hydrogen) atoms. The molecule has 0 radical (unpaired) electrons. The van der Waals surface area contributed by atoms with Crippen LogP contribution in [0.3, 0.4) is 0 Å². The van der Waals surface area contributed by atoms with Crippen molar-refractivity contribution in [3.8, 4) is 56.3 Å². The topological polar surface area (TPSA) is 55.3 Å². The Hall–Kier alpha value is -5.99. The summed E-state index contributed by atoms with van der Waals surface area (Å²) in [5, 5.41) is 12.5. The fourth-order valence-electron chi connectivity index (χ4n) is 7.20. The zero-order valence-electron chi connectivity index (χ0n) is 40.3. The van der Waals surface area contributed by atoms with Gasteiger partial charge < -0.3 is 5.11 Å². The minimum Gasteiger partial charge on any atom is -0.508 e. The number of hydrogen-bond acceptors (Lipinski definition) is 3. The van der Waals surface area contributed by atoms with Gasteiger partial charge in [-0.3, -0.25) is 9.55 Å². The first-order valence-electron chi connectivity index (χ1n) is 22.4. The first kappa shape index (κ1) is 26.7. The van der Waals surface area contributed by atoms with Crippen LogP contribution in [0.4, 0.5) is 5.69 Å². The zero-order chi connectivity index (χ0) is 46.1. The highest BCUT2D eigenvalue weighted by Crippen LogP contribution is 2.50. The molecule has 0 aliphatic heterocycles. The highest BCUT2D eigenvalue weighted by molar-refractivity contribution is 5.98. The SMILES string of the molecule is [2H]C([2H])([2H])C(c1cc(-c2ccccn2)cc(-c2cccc3c2nc(-c2cc(C(C)(C)C)c([N+]#[C-])c(C(C)(C)C)c2O)n3-c2ccccc2-c2ccccc2)c1)(C([2H])([2H])[2H])C([2H])([2H])[2H]. The van der Waals surface area contributed by atoms with E-state index < -0.39 is 42.4 Å². The van der Waals surface area contributed by atoms with Crippen LogP contribution in [0.15, 0.2) is 121 Å². The molecule has 0 amide bonds. The second kappa shape index (κ2) is 13.5. The van der Waals surface area contributed by atoms with Crippen molar-refractivity contribution in [2.45, 2.75) is 78.3 Å². The van der Waals surface area contributed by atoms with Gasteiger partial charge in [-0.05, 0) is 74.9 Å². The molecule has 0 aliphatic rings. The molecule has 2 heterocycles. The number of aromatic nitrogens is 3. The van der Waals surface area contributed by atoms with Crippen molar-refractivity contribution in [2.75, 3.05) is 0 Å². The average Bonchev–Trinajstić information content (AvgIpc) is 3.58. The molecule has 0 aliphatic carbocycles. The molecule has 5 aromatic carbocycles. The van der Waals surface area contributed by atoms with Crippen LogP contribution in [0.25, 0.3) is 66.5 Å². The van der Waals surface area contributed by atoms with Crippen LogP contribution >= 0.6 is 0 Å². The average molecular weight is 718 g/mol. The lowest BCUT2D eigenvalue weighted by molar-refractivity contribution is 0.448. The fraction of sp³-hybridized carbons (Fsp3) is 0.245. The summed E-state index contributed by atoms with van der Waals surface area (Å²) in [5.74, 6) is 0.239. The monoisotopic (exact) mass is 717 g/mol. The molecule has 0 saturated carbocycles. The van der Waals surface area contributed by atoms with E-state index in [1.54, 1.807) is 36.4 Å². The van der Waals surface area contributed by atoms with Crippen molar-refractivity contribution in [1.29, 1.82) is 0 Å². The molecule has 7 rings (SSSR count). The van der Waals surface area contributed by atoms with E-state index in [9.17, 15) is 5.11 Å². The van der Waals surface area contributed by atoms with Crippen LogP contribution in [-0.4, -0.2) is 19.6 Å². The van der Waals surface area contributed by atoms with Crippen molar-refractivity contribution >= 4 is 16.7 Å². The summed E-state index contributed by atoms with van der Waals surface area (Å²) in [6.45, 7) is 9.64. The lowest BCUT2D eigenvalue weighted by atomic mass is 9.77. The maximum atomic E-state index is 12.5. The Labute approximate surface area is 332 Å². The van der Waals surface area contributed by atoms with Crippen molar-refractivity contribution < 1.29 is 17.4 Å². The van der Waals surface area contributed by atoms with E-state index in [1.165, 1.54) is 18.3 Å². The molecular weight excluding hydrogens is 661 g/mol. The first-order valence-corrected chi connectivity index (χ1v) is 17.9. The molecule has 7 aromatic rings. The number of rotatable bonds is 5. The van der Waals surface area contributed by atoms with Crippen molar-refractivity contribution in [3.63, 3.8) is 0 Å². The Morgan fingerprint density at radius 3 is 2.02 bits per heavy atom. The van der Waals surface area contributed by atoms with E-state index in [0.717, 1.165) is 16.8 Å². The van der Waals surface area contributed by atoms with Gasteiger partial charge in [-0.2, -0.15) is 0 Å². The normalized spacial score (nSPS) is 15.4. The number of hydrogen-bond donors (Lipinski definition) is 1. The highest BCUT2D eigenvalue weighted by atomic mass is 16.3. The number of aromatic hydroxyl groups is 1. The molecule has 0 atom stereocenters. The lowest BCUT2D eigenvalue weighted by Crippen LogP contribution is -2.18. The third-order valence-electron chi connectivity index (χ3n) is 9.74. The van der Waals surface area contributed by atoms with Gasteiger partial charge in [0.15, 0.2) is 5.69 Å². The third-order valence-corrected chi connectivity index (χ3v) is 9.74. The minimum atomic E-state index is -3.52. The van der Waals surface area contributed by atoms with Gasteiger partial charge in [-0.15, -0.1) is 0 Å². The quantitative estimate of drug-likeness (QED) is 0.180. The van der Waals surface area contributed by atoms with Crippen LogP contribution in [0, 0.1) is 6.57 Å². The lowest BCUT2D eigenvalue weighted by Gasteiger charge is -2.30. The molecule has 2 aromatic heterocycles. The van der Waals surface area contributed by atoms with Crippen LogP contribution in [-0.2, 0) is 16.2 Å². The van der Waals surface area contributed by atoms with Crippen LogP contribution in [0.2, 0.25) is 0 Å². The smallest absolute Gasteiger partial charge is 0.198 e. The van der Waals surface area contributed by atoms with Crippen molar-refractivity contribution in [3.05, 3.63) is 150 Å². The summed E-state index contributed by atoms with van der Waals surface area (Å²) >= 11 is 0. The van der Waals surface area contributed by atoms with E-state index in [2.05, 4.69) is 9.83 Å². The van der Waals surface area contributed by atoms with E-state index in [1.807, 2.05) is 113 Å². The van der Waals surface area contributed by atoms with Crippen LogP contribution < -0.4 is 0 Å². The maximum absolute atomic E-state index is 12.5. The van der Waals surface area contributed by atoms with Gasteiger partial charge >= 0.3 is 0 Å². The molecule has 0 unspecified atom stereocenters. The summed E-state index contributed by atoms with van der Waals surface area (Å²) < 4.78 is 79.3. The first-order chi connectivity index (χ1) is 29.3. The van der Waals surface area contributed by atoms with Crippen molar-refractivity contribution in [1.82, 2.24) is 14.5 Å². The number of imidazole rings is 1. The molecule has 5 nitrogen and oxygen atoms in total. The number of phenolic OH excluding ortho intramolecular Hbond substituents is 1. The predicted octanol–water partition coefficient (Wildman–Crippen LogP) is 13.2. The minimum absolute atomic E-state index is 0.103. The summed E-state index contributed by atoms with van der Waals surface area (Å²) in [5.41, 5.74) is 1.84. The zero-order valence-corrected chi connectivity index (χ0v) is 31.3. The fourth-order valence-corrected chi connectivity index (χ4v) is 7.20. The van der Waals surface area contributed by atoms with E-state index in [-0.39, 0.29) is 5.75 Å². The van der Waals surface area contributed by atoms with Crippen LogP contribution in [0.5, 0.6) is 5.75 Å². The maximum Gasteiger partial charge on any atom is 0.198 e. The van der Waals surface area contributed by atoms with Gasteiger partial charge in [0.25, 0.3) is 0 Å². The Morgan fingerprint density at radius 2 is 1.35 bits per heavy atom. The molecule has 0 saturated heterocycles. The molecule has 5 heteroatoms. The Bertz CT molecular complexity index is 2860. The molecule has 1 N–H and O–H groups in total. The number of phenols is 1. The van der Waals surface area contributed by atoms with Crippen LogP contribution in [0.1, 0.15) is 91.1 Å². The number of benzene rings is 5. The van der Waals surface area contributed by atoms with E-state index in [4.69, 9.17) is 23.9 Å². The molecule has 0 bridgehead atoms. The number of fused-ring (bicyclic) bond motifs is 1. The second-order valence-corrected chi connectivity index (χ2v) is 15.7. The Kier molecular flexibility index (Phi) is 6.66. The summed E-state index contributed by atoms with van der Waals surface area (Å²) in [4.78, 5) is 13.8. The summed E-state index contributed by atoms with van der Waals surface area (Å²) in [6, 6.07) is 34.3. The van der Waals surface area contributed by atoms with Gasteiger partial charge in [0.05, 0.1) is 34.6 Å². The third kappa shape index (κ3) is 6.58. The van der Waals surface area contributed by atoms with Gasteiger partial charge in [0.1, 0.15) is 11.6 Å². The Morgan fingerprint density at radius 1 is 0.667 bits per heavy atom. The van der Waals surface area contributed by atoms with Crippen molar-refractivity contribution in [2.24, 2.45) is 0 Å².